The van der Waals surface area contributed by atoms with Crippen molar-refractivity contribution in [2.24, 2.45) is 5.92 Å². The number of aliphatic hydroxyl groups is 1. The Balaban J connectivity index is 2.29. The second-order valence-corrected chi connectivity index (χ2v) is 3.33. The van der Waals surface area contributed by atoms with E-state index in [1.165, 1.54) is 12.8 Å². The van der Waals surface area contributed by atoms with Crippen LogP contribution in [0.5, 0.6) is 0 Å². The molecule has 0 radical (unpaired) electrons. The lowest BCUT2D eigenvalue weighted by molar-refractivity contribution is 0.279. The molecule has 3 nitrogen and oxygen atoms in total. The Morgan fingerprint density at radius 2 is 2.17 bits per heavy atom. The standard InChI is InChI=1S/C9H16N2O/c10-7-9(11-5-6-12)8-3-1-2-4-8/h8-9,11-12H,1-6H2. The smallest absolute Gasteiger partial charge is 0.0982 e. The SMILES string of the molecule is N#CC(NCCO)C1CCCC1. The van der Waals surface area contributed by atoms with E-state index >= 15 is 0 Å². The second kappa shape index (κ2) is 5.13. The Hall–Kier alpha value is -0.590. The molecule has 0 aromatic rings. The van der Waals surface area contributed by atoms with Crippen LogP contribution in [-0.2, 0) is 0 Å². The van der Waals surface area contributed by atoms with Gasteiger partial charge in [0.1, 0.15) is 0 Å². The van der Waals surface area contributed by atoms with E-state index in [9.17, 15) is 0 Å². The average Bonchev–Trinajstić information content (AvgIpc) is 2.59. The summed E-state index contributed by atoms with van der Waals surface area (Å²) in [5.41, 5.74) is 0. The third-order valence-corrected chi connectivity index (χ3v) is 2.49. The predicted molar refractivity (Wildman–Crippen MR) is 46.4 cm³/mol. The molecule has 68 valence electrons. The number of nitriles is 1. The largest absolute Gasteiger partial charge is 0.395 e. The first-order valence-electron chi connectivity index (χ1n) is 4.62. The van der Waals surface area contributed by atoms with E-state index in [-0.39, 0.29) is 12.6 Å². The molecule has 3 heteroatoms. The van der Waals surface area contributed by atoms with E-state index in [0.717, 1.165) is 12.8 Å². The van der Waals surface area contributed by atoms with Gasteiger partial charge in [0.05, 0.1) is 18.7 Å². The van der Waals surface area contributed by atoms with Crippen LogP contribution in [0.2, 0.25) is 0 Å². The van der Waals surface area contributed by atoms with Crippen LogP contribution in [-0.4, -0.2) is 24.3 Å². The Labute approximate surface area is 73.4 Å². The summed E-state index contributed by atoms with van der Waals surface area (Å²) in [4.78, 5) is 0. The van der Waals surface area contributed by atoms with Crippen LogP contribution in [0.4, 0.5) is 0 Å². The van der Waals surface area contributed by atoms with Crippen molar-refractivity contribution in [2.75, 3.05) is 13.2 Å². The monoisotopic (exact) mass is 168 g/mol. The van der Waals surface area contributed by atoms with Crippen molar-refractivity contribution in [1.29, 1.82) is 5.26 Å². The van der Waals surface area contributed by atoms with Crippen LogP contribution in [0.25, 0.3) is 0 Å². The lowest BCUT2D eigenvalue weighted by atomic mass is 9.99. The maximum absolute atomic E-state index is 8.82. The van der Waals surface area contributed by atoms with Gasteiger partial charge < -0.3 is 5.11 Å². The summed E-state index contributed by atoms with van der Waals surface area (Å²) in [5.74, 6) is 0.515. The van der Waals surface area contributed by atoms with Gasteiger partial charge >= 0.3 is 0 Å². The third-order valence-electron chi connectivity index (χ3n) is 2.49. The summed E-state index contributed by atoms with van der Waals surface area (Å²) in [6, 6.07) is 2.21. The van der Waals surface area contributed by atoms with Gasteiger partial charge in [-0.15, -0.1) is 0 Å². The van der Waals surface area contributed by atoms with E-state index in [1.54, 1.807) is 0 Å². The maximum atomic E-state index is 8.82. The lowest BCUT2D eigenvalue weighted by Gasteiger charge is -2.16. The van der Waals surface area contributed by atoms with E-state index < -0.39 is 0 Å². The van der Waals surface area contributed by atoms with Gasteiger partial charge in [-0.05, 0) is 18.8 Å². The number of hydrogen-bond donors (Lipinski definition) is 2. The van der Waals surface area contributed by atoms with Crippen LogP contribution in [0.1, 0.15) is 25.7 Å². The summed E-state index contributed by atoms with van der Waals surface area (Å²) >= 11 is 0. The molecule has 0 aliphatic heterocycles. The average molecular weight is 168 g/mol. The predicted octanol–water partition coefficient (Wildman–Crippen LogP) is 0.651. The van der Waals surface area contributed by atoms with Gasteiger partial charge in [0.25, 0.3) is 0 Å². The molecule has 1 aliphatic rings. The normalized spacial score (nSPS) is 20.7. The summed E-state index contributed by atoms with van der Waals surface area (Å²) < 4.78 is 0. The molecule has 0 saturated heterocycles. The summed E-state index contributed by atoms with van der Waals surface area (Å²) in [5, 5.41) is 20.5. The minimum absolute atomic E-state index is 0.0420. The first-order valence-corrected chi connectivity index (χ1v) is 4.62. The van der Waals surface area contributed by atoms with Crippen LogP contribution < -0.4 is 5.32 Å². The summed E-state index contributed by atoms with van der Waals surface area (Å²) in [6.45, 7) is 0.652. The van der Waals surface area contributed by atoms with E-state index in [4.69, 9.17) is 10.4 Å². The second-order valence-electron chi connectivity index (χ2n) is 3.33. The minimum atomic E-state index is -0.0420. The van der Waals surface area contributed by atoms with Gasteiger partial charge in [-0.1, -0.05) is 12.8 Å². The molecular weight excluding hydrogens is 152 g/mol. The molecular formula is C9H16N2O. The van der Waals surface area contributed by atoms with Crippen molar-refractivity contribution in [3.8, 4) is 6.07 Å². The number of aliphatic hydroxyl groups excluding tert-OH is 1. The van der Waals surface area contributed by atoms with E-state index in [1.807, 2.05) is 0 Å². The zero-order valence-corrected chi connectivity index (χ0v) is 7.29. The van der Waals surface area contributed by atoms with E-state index in [0.29, 0.717) is 12.5 Å². The van der Waals surface area contributed by atoms with Crippen molar-refractivity contribution >= 4 is 0 Å². The topological polar surface area (TPSA) is 56.0 Å². The van der Waals surface area contributed by atoms with Crippen molar-refractivity contribution in [2.45, 2.75) is 31.7 Å². The molecule has 0 aromatic carbocycles. The van der Waals surface area contributed by atoms with Crippen LogP contribution in [0.3, 0.4) is 0 Å². The van der Waals surface area contributed by atoms with Crippen molar-refractivity contribution in [3.63, 3.8) is 0 Å². The highest BCUT2D eigenvalue weighted by Crippen LogP contribution is 2.27. The molecule has 0 amide bonds. The van der Waals surface area contributed by atoms with Crippen molar-refractivity contribution in [1.82, 2.24) is 5.32 Å². The molecule has 1 rings (SSSR count). The summed E-state index contributed by atoms with van der Waals surface area (Å²) in [6.07, 6.45) is 4.83. The zero-order valence-electron chi connectivity index (χ0n) is 7.29. The first kappa shape index (κ1) is 9.50. The van der Waals surface area contributed by atoms with Crippen LogP contribution >= 0.6 is 0 Å². The van der Waals surface area contributed by atoms with Crippen molar-refractivity contribution in [3.05, 3.63) is 0 Å². The van der Waals surface area contributed by atoms with Gasteiger partial charge in [0.15, 0.2) is 0 Å². The number of hydrogen-bond acceptors (Lipinski definition) is 3. The van der Waals surface area contributed by atoms with Gasteiger partial charge in [0.2, 0.25) is 0 Å². The number of rotatable bonds is 4. The van der Waals surface area contributed by atoms with Crippen molar-refractivity contribution < 1.29 is 5.11 Å². The summed E-state index contributed by atoms with van der Waals surface area (Å²) in [7, 11) is 0. The molecule has 1 aliphatic carbocycles. The Kier molecular flexibility index (Phi) is 4.06. The quantitative estimate of drug-likeness (QED) is 0.648. The van der Waals surface area contributed by atoms with E-state index in [2.05, 4.69) is 11.4 Å². The molecule has 0 aromatic heterocycles. The van der Waals surface area contributed by atoms with Gasteiger partial charge in [-0.25, -0.2) is 0 Å². The Bertz CT molecular complexity index is 158. The Morgan fingerprint density at radius 1 is 1.50 bits per heavy atom. The molecule has 1 fully saturated rings. The third kappa shape index (κ3) is 2.47. The molecule has 0 heterocycles. The molecule has 1 saturated carbocycles. The fourth-order valence-corrected chi connectivity index (χ4v) is 1.83. The zero-order chi connectivity index (χ0) is 8.81. The Morgan fingerprint density at radius 3 is 2.67 bits per heavy atom. The van der Waals surface area contributed by atoms with Gasteiger partial charge in [-0.2, -0.15) is 5.26 Å². The lowest BCUT2D eigenvalue weighted by Crippen LogP contribution is -2.35. The molecule has 0 spiro atoms. The molecule has 1 atom stereocenters. The fraction of sp³-hybridized carbons (Fsp3) is 0.889. The maximum Gasteiger partial charge on any atom is 0.0982 e. The number of nitrogens with one attached hydrogen (secondary N) is 1. The van der Waals surface area contributed by atoms with Gasteiger partial charge in [-0.3, -0.25) is 5.32 Å². The van der Waals surface area contributed by atoms with Gasteiger partial charge in [0, 0.05) is 6.54 Å². The molecule has 1 unspecified atom stereocenters. The highest BCUT2D eigenvalue weighted by atomic mass is 16.3. The fourth-order valence-electron chi connectivity index (χ4n) is 1.83. The van der Waals surface area contributed by atoms with Crippen LogP contribution in [0.15, 0.2) is 0 Å². The first-order chi connectivity index (χ1) is 5.88. The highest BCUT2D eigenvalue weighted by Gasteiger charge is 2.23. The van der Waals surface area contributed by atoms with Crippen LogP contribution in [0, 0.1) is 17.2 Å². The molecule has 2 N–H and O–H groups in total. The minimum Gasteiger partial charge on any atom is -0.395 e. The molecule has 0 bridgehead atoms. The highest BCUT2D eigenvalue weighted by molar-refractivity contribution is 4.96. The molecule has 12 heavy (non-hydrogen) atoms. The number of nitrogens with zero attached hydrogens (tertiary/aromatic N) is 1.